The lowest BCUT2D eigenvalue weighted by Crippen LogP contribution is -2.43. The van der Waals surface area contributed by atoms with Crippen molar-refractivity contribution in [2.75, 3.05) is 45.9 Å². The van der Waals surface area contributed by atoms with E-state index in [1.54, 1.807) is 0 Å². The Kier molecular flexibility index (Phi) is 6.26. The van der Waals surface area contributed by atoms with E-state index in [9.17, 15) is 9.90 Å². The van der Waals surface area contributed by atoms with Crippen LogP contribution in [0.5, 0.6) is 0 Å². The van der Waals surface area contributed by atoms with Gasteiger partial charge in [0.25, 0.3) is 0 Å². The van der Waals surface area contributed by atoms with Gasteiger partial charge in [0, 0.05) is 39.1 Å². The number of carbonyl (C=O) groups is 1. The van der Waals surface area contributed by atoms with Crippen LogP contribution in [0.4, 0.5) is 0 Å². The van der Waals surface area contributed by atoms with Crippen LogP contribution in [0, 0.1) is 5.92 Å². The van der Waals surface area contributed by atoms with Crippen molar-refractivity contribution < 1.29 is 14.6 Å². The number of ether oxygens (including phenoxy) is 1. The molecule has 0 aliphatic carbocycles. The number of amides is 1. The molecule has 1 unspecified atom stereocenters. The number of aliphatic hydroxyl groups excluding tert-OH is 1. The molecule has 2 heterocycles. The fraction of sp³-hybridized carbons (Fsp3) is 0.933. The van der Waals surface area contributed by atoms with Gasteiger partial charge in [-0.15, -0.1) is 0 Å². The number of rotatable bonds is 5. The van der Waals surface area contributed by atoms with Crippen LogP contribution in [0.15, 0.2) is 0 Å². The Morgan fingerprint density at radius 3 is 2.50 bits per heavy atom. The minimum Gasteiger partial charge on any atom is -0.393 e. The monoisotopic (exact) mass is 284 g/mol. The first-order valence-electron chi connectivity index (χ1n) is 7.96. The van der Waals surface area contributed by atoms with Crippen molar-refractivity contribution in [3.8, 4) is 0 Å². The minimum atomic E-state index is -0.194. The van der Waals surface area contributed by atoms with Crippen LogP contribution in [0.25, 0.3) is 0 Å². The Balaban J connectivity index is 1.66. The maximum absolute atomic E-state index is 12.2. The molecule has 0 radical (unpaired) electrons. The van der Waals surface area contributed by atoms with Gasteiger partial charge in [-0.1, -0.05) is 6.92 Å². The predicted molar refractivity (Wildman–Crippen MR) is 77.5 cm³/mol. The summed E-state index contributed by atoms with van der Waals surface area (Å²) in [6.07, 6.45) is 3.12. The standard InChI is InChI=1S/C15H28N2O3/c1-2-14(18)13-3-7-17(8-4-13)15(19)5-6-16-9-11-20-12-10-16/h13-14,18H,2-12H2,1H3. The summed E-state index contributed by atoms with van der Waals surface area (Å²) in [5.74, 6) is 0.643. The molecule has 0 aromatic heterocycles. The van der Waals surface area contributed by atoms with Crippen LogP contribution in [0.3, 0.4) is 0 Å². The van der Waals surface area contributed by atoms with Crippen LogP contribution in [-0.2, 0) is 9.53 Å². The number of nitrogens with zero attached hydrogens (tertiary/aromatic N) is 2. The predicted octanol–water partition coefficient (Wildman–Crippen LogP) is 0.718. The molecule has 2 rings (SSSR count). The van der Waals surface area contributed by atoms with E-state index in [1.165, 1.54) is 0 Å². The van der Waals surface area contributed by atoms with Gasteiger partial charge in [0.2, 0.25) is 5.91 Å². The van der Waals surface area contributed by atoms with Crippen molar-refractivity contribution in [2.45, 2.75) is 38.7 Å². The first-order valence-corrected chi connectivity index (χ1v) is 7.96. The molecule has 2 saturated heterocycles. The Bertz CT molecular complexity index is 297. The highest BCUT2D eigenvalue weighted by molar-refractivity contribution is 5.76. The summed E-state index contributed by atoms with van der Waals surface area (Å²) in [5.41, 5.74) is 0. The topological polar surface area (TPSA) is 53.0 Å². The van der Waals surface area contributed by atoms with E-state index in [0.717, 1.165) is 65.2 Å². The van der Waals surface area contributed by atoms with E-state index in [0.29, 0.717) is 12.3 Å². The SMILES string of the molecule is CCC(O)C1CCN(C(=O)CCN2CCOCC2)CC1. The summed E-state index contributed by atoms with van der Waals surface area (Å²) < 4.78 is 5.31. The third-order valence-electron chi connectivity index (χ3n) is 4.60. The van der Waals surface area contributed by atoms with E-state index < -0.39 is 0 Å². The van der Waals surface area contributed by atoms with Crippen molar-refractivity contribution >= 4 is 5.91 Å². The summed E-state index contributed by atoms with van der Waals surface area (Å²) in [7, 11) is 0. The molecule has 0 saturated carbocycles. The quantitative estimate of drug-likeness (QED) is 0.808. The second-order valence-electron chi connectivity index (χ2n) is 5.90. The van der Waals surface area contributed by atoms with Gasteiger partial charge in [0.15, 0.2) is 0 Å². The zero-order valence-electron chi connectivity index (χ0n) is 12.6. The zero-order valence-corrected chi connectivity index (χ0v) is 12.6. The number of likely N-dealkylation sites (tertiary alicyclic amines) is 1. The molecule has 5 nitrogen and oxygen atoms in total. The van der Waals surface area contributed by atoms with Gasteiger partial charge in [-0.25, -0.2) is 0 Å². The molecule has 1 atom stereocenters. The number of piperidine rings is 1. The van der Waals surface area contributed by atoms with Crippen molar-refractivity contribution in [3.05, 3.63) is 0 Å². The van der Waals surface area contributed by atoms with Gasteiger partial charge >= 0.3 is 0 Å². The van der Waals surface area contributed by atoms with Gasteiger partial charge in [0.1, 0.15) is 0 Å². The van der Waals surface area contributed by atoms with Gasteiger partial charge in [-0.05, 0) is 25.2 Å². The lowest BCUT2D eigenvalue weighted by atomic mass is 9.90. The Morgan fingerprint density at radius 1 is 1.25 bits per heavy atom. The lowest BCUT2D eigenvalue weighted by Gasteiger charge is -2.34. The average Bonchev–Trinajstić information content (AvgIpc) is 2.53. The molecular weight excluding hydrogens is 256 g/mol. The maximum atomic E-state index is 12.2. The molecule has 5 heteroatoms. The van der Waals surface area contributed by atoms with Crippen molar-refractivity contribution in [1.29, 1.82) is 0 Å². The second kappa shape index (κ2) is 7.96. The molecule has 0 spiro atoms. The fourth-order valence-electron chi connectivity index (χ4n) is 3.10. The molecule has 0 aromatic carbocycles. The minimum absolute atomic E-state index is 0.194. The van der Waals surface area contributed by atoms with E-state index in [-0.39, 0.29) is 12.0 Å². The van der Waals surface area contributed by atoms with Crippen LogP contribution < -0.4 is 0 Å². The van der Waals surface area contributed by atoms with Gasteiger partial charge in [-0.2, -0.15) is 0 Å². The molecule has 0 aromatic rings. The van der Waals surface area contributed by atoms with Crippen molar-refractivity contribution in [3.63, 3.8) is 0 Å². The smallest absolute Gasteiger partial charge is 0.223 e. The first-order chi connectivity index (χ1) is 9.70. The zero-order chi connectivity index (χ0) is 14.4. The highest BCUT2D eigenvalue weighted by Crippen LogP contribution is 2.22. The number of carbonyl (C=O) groups excluding carboxylic acids is 1. The molecule has 2 aliphatic heterocycles. The lowest BCUT2D eigenvalue weighted by molar-refractivity contribution is -0.133. The van der Waals surface area contributed by atoms with Crippen molar-refractivity contribution in [2.24, 2.45) is 5.92 Å². The number of morpholine rings is 1. The third kappa shape index (κ3) is 4.43. The molecule has 2 fully saturated rings. The highest BCUT2D eigenvalue weighted by Gasteiger charge is 2.26. The summed E-state index contributed by atoms with van der Waals surface area (Å²) in [6, 6.07) is 0. The molecule has 116 valence electrons. The third-order valence-corrected chi connectivity index (χ3v) is 4.60. The Hall–Kier alpha value is -0.650. The maximum Gasteiger partial charge on any atom is 0.223 e. The average molecular weight is 284 g/mol. The highest BCUT2D eigenvalue weighted by atomic mass is 16.5. The molecule has 1 N–H and O–H groups in total. The summed E-state index contributed by atoms with van der Waals surface area (Å²) in [6.45, 7) is 7.94. The Morgan fingerprint density at radius 2 is 1.90 bits per heavy atom. The van der Waals surface area contributed by atoms with E-state index in [2.05, 4.69) is 4.90 Å². The second-order valence-corrected chi connectivity index (χ2v) is 5.90. The van der Waals surface area contributed by atoms with E-state index in [1.807, 2.05) is 11.8 Å². The molecule has 1 amide bonds. The summed E-state index contributed by atoms with van der Waals surface area (Å²) in [5, 5.41) is 9.86. The molecular formula is C15H28N2O3. The van der Waals surface area contributed by atoms with Crippen LogP contribution in [0.2, 0.25) is 0 Å². The number of hydrogen-bond acceptors (Lipinski definition) is 4. The van der Waals surface area contributed by atoms with Gasteiger partial charge in [-0.3, -0.25) is 9.69 Å². The number of hydrogen-bond donors (Lipinski definition) is 1. The van der Waals surface area contributed by atoms with E-state index >= 15 is 0 Å². The van der Waals surface area contributed by atoms with Gasteiger partial charge < -0.3 is 14.7 Å². The Labute approximate surface area is 121 Å². The molecule has 0 bridgehead atoms. The van der Waals surface area contributed by atoms with Crippen LogP contribution in [0.1, 0.15) is 32.6 Å². The first kappa shape index (κ1) is 15.7. The van der Waals surface area contributed by atoms with Gasteiger partial charge in [0.05, 0.1) is 19.3 Å². The van der Waals surface area contributed by atoms with E-state index in [4.69, 9.17) is 4.74 Å². The van der Waals surface area contributed by atoms with Crippen LogP contribution >= 0.6 is 0 Å². The molecule has 20 heavy (non-hydrogen) atoms. The normalized spacial score (nSPS) is 23.8. The van der Waals surface area contributed by atoms with Crippen molar-refractivity contribution in [1.82, 2.24) is 9.80 Å². The fourth-order valence-corrected chi connectivity index (χ4v) is 3.10. The molecule has 2 aliphatic rings. The summed E-state index contributed by atoms with van der Waals surface area (Å²) in [4.78, 5) is 16.5. The summed E-state index contributed by atoms with van der Waals surface area (Å²) >= 11 is 0. The largest absolute Gasteiger partial charge is 0.393 e. The number of aliphatic hydroxyl groups is 1. The van der Waals surface area contributed by atoms with Crippen LogP contribution in [-0.4, -0.2) is 72.9 Å².